The van der Waals surface area contributed by atoms with Gasteiger partial charge in [0.2, 0.25) is 5.91 Å². The molecule has 0 radical (unpaired) electrons. The van der Waals surface area contributed by atoms with Crippen molar-refractivity contribution in [1.29, 1.82) is 5.26 Å². The van der Waals surface area contributed by atoms with Gasteiger partial charge >= 0.3 is 6.09 Å². The Kier molecular flexibility index (Phi) is 7.42. The number of nitriles is 1. The van der Waals surface area contributed by atoms with E-state index in [0.29, 0.717) is 36.7 Å². The Bertz CT molecular complexity index is 834. The van der Waals surface area contributed by atoms with Crippen LogP contribution in [0, 0.1) is 17.2 Å². The van der Waals surface area contributed by atoms with E-state index in [2.05, 4.69) is 16.7 Å². The van der Waals surface area contributed by atoms with Crippen molar-refractivity contribution < 1.29 is 19.1 Å². The number of nitrogens with one attached hydrogen (secondary N) is 2. The van der Waals surface area contributed by atoms with E-state index in [1.54, 1.807) is 32.9 Å². The van der Waals surface area contributed by atoms with Crippen LogP contribution in [0.5, 0.6) is 5.75 Å². The summed E-state index contributed by atoms with van der Waals surface area (Å²) in [5.74, 6) is 0.831. The average Bonchev–Trinajstić information content (AvgIpc) is 2.72. The molecular weight excluding hydrogens is 394 g/mol. The zero-order valence-electron chi connectivity index (χ0n) is 18.7. The second kappa shape index (κ2) is 10.0. The maximum absolute atomic E-state index is 13.2. The minimum absolute atomic E-state index is 0.210. The molecule has 0 aromatic heterocycles. The Morgan fingerprint density at radius 3 is 2.65 bits per heavy atom. The van der Waals surface area contributed by atoms with Crippen molar-refractivity contribution >= 4 is 12.0 Å². The second-order valence-corrected chi connectivity index (χ2v) is 9.50. The summed E-state index contributed by atoms with van der Waals surface area (Å²) in [5, 5.41) is 15.0. The van der Waals surface area contributed by atoms with Crippen LogP contribution in [-0.4, -0.2) is 30.3 Å². The number of carbonyl (C=O) groups excluding carboxylic acids is 2. The molecule has 1 aliphatic carbocycles. The monoisotopic (exact) mass is 427 g/mol. The largest absolute Gasteiger partial charge is 0.493 e. The van der Waals surface area contributed by atoms with Crippen LogP contribution in [0.1, 0.15) is 82.9 Å². The Labute approximate surface area is 184 Å². The maximum atomic E-state index is 13.2. The molecule has 2 amide bonds. The summed E-state index contributed by atoms with van der Waals surface area (Å²) in [4.78, 5) is 25.7. The molecule has 3 rings (SSSR count). The molecule has 2 aliphatic rings. The third-order valence-electron chi connectivity index (χ3n) is 5.80. The van der Waals surface area contributed by atoms with Crippen LogP contribution in [0.2, 0.25) is 0 Å². The first kappa shape index (κ1) is 22.9. The standard InChI is InChI=1S/C24H33N3O4/c1-24(2,3)31-23(29)27-20(13-16-7-5-4-6-8-16)22(28)26-19-11-12-30-21-14-17(15-25)9-10-18(19)21/h9-10,14,16,19-20H,4-8,11-13H2,1-3H3,(H,26,28)(H,27,29)/t19-,20+/m0/s1. The summed E-state index contributed by atoms with van der Waals surface area (Å²) in [6, 6.07) is 6.49. The van der Waals surface area contributed by atoms with Gasteiger partial charge in [-0.15, -0.1) is 0 Å². The molecule has 0 spiro atoms. The fraction of sp³-hybridized carbons (Fsp3) is 0.625. The number of ether oxygens (including phenoxy) is 2. The van der Waals surface area contributed by atoms with Crippen LogP contribution in [0.3, 0.4) is 0 Å². The number of benzene rings is 1. The molecule has 7 nitrogen and oxygen atoms in total. The highest BCUT2D eigenvalue weighted by molar-refractivity contribution is 5.86. The van der Waals surface area contributed by atoms with Gasteiger partial charge in [-0.25, -0.2) is 4.79 Å². The molecule has 0 bridgehead atoms. The third kappa shape index (κ3) is 6.61. The lowest BCUT2D eigenvalue weighted by atomic mass is 9.84. The van der Waals surface area contributed by atoms with Crippen LogP contribution in [-0.2, 0) is 9.53 Å². The van der Waals surface area contributed by atoms with Crippen LogP contribution in [0.4, 0.5) is 4.79 Å². The van der Waals surface area contributed by atoms with Gasteiger partial charge in [-0.1, -0.05) is 38.2 Å². The molecule has 1 saturated carbocycles. The molecule has 31 heavy (non-hydrogen) atoms. The van der Waals surface area contributed by atoms with Gasteiger partial charge in [0.25, 0.3) is 0 Å². The summed E-state index contributed by atoms with van der Waals surface area (Å²) in [6.45, 7) is 5.87. The third-order valence-corrected chi connectivity index (χ3v) is 5.80. The van der Waals surface area contributed by atoms with E-state index >= 15 is 0 Å². The lowest BCUT2D eigenvalue weighted by molar-refractivity contribution is -0.124. The van der Waals surface area contributed by atoms with Gasteiger partial charge in [0, 0.05) is 12.0 Å². The summed E-state index contributed by atoms with van der Waals surface area (Å²) in [5.41, 5.74) is 0.744. The molecule has 1 fully saturated rings. The quantitative estimate of drug-likeness (QED) is 0.727. The second-order valence-electron chi connectivity index (χ2n) is 9.50. The number of hydrogen-bond donors (Lipinski definition) is 2. The first-order valence-electron chi connectivity index (χ1n) is 11.2. The van der Waals surface area contributed by atoms with Gasteiger partial charge in [-0.05, 0) is 45.2 Å². The van der Waals surface area contributed by atoms with Crippen LogP contribution >= 0.6 is 0 Å². The highest BCUT2D eigenvalue weighted by Gasteiger charge is 2.31. The molecule has 2 N–H and O–H groups in total. The van der Waals surface area contributed by atoms with Crippen molar-refractivity contribution in [2.75, 3.05) is 6.61 Å². The lowest BCUT2D eigenvalue weighted by Crippen LogP contribution is -2.50. The minimum Gasteiger partial charge on any atom is -0.493 e. The number of nitrogens with zero attached hydrogens (tertiary/aromatic N) is 1. The SMILES string of the molecule is CC(C)(C)OC(=O)N[C@H](CC1CCCCC1)C(=O)N[C@H]1CCOc2cc(C#N)ccc21. The van der Waals surface area contributed by atoms with Crippen molar-refractivity contribution in [3.63, 3.8) is 0 Å². The predicted octanol–water partition coefficient (Wildman–Crippen LogP) is 4.36. The molecule has 0 saturated heterocycles. The fourth-order valence-electron chi connectivity index (χ4n) is 4.32. The normalized spacial score (nSPS) is 19.9. The molecule has 168 valence electrons. The highest BCUT2D eigenvalue weighted by atomic mass is 16.6. The summed E-state index contributed by atoms with van der Waals surface area (Å²) in [7, 11) is 0. The van der Waals surface area contributed by atoms with E-state index < -0.39 is 17.7 Å². The topological polar surface area (TPSA) is 100 Å². The number of rotatable bonds is 5. The number of amides is 2. The maximum Gasteiger partial charge on any atom is 0.408 e. The first-order valence-corrected chi connectivity index (χ1v) is 11.2. The molecule has 0 unspecified atom stereocenters. The van der Waals surface area contributed by atoms with Crippen LogP contribution < -0.4 is 15.4 Å². The van der Waals surface area contributed by atoms with Gasteiger partial charge < -0.3 is 20.1 Å². The summed E-state index contributed by atoms with van der Waals surface area (Å²) < 4.78 is 11.1. The van der Waals surface area contributed by atoms with E-state index in [4.69, 9.17) is 14.7 Å². The highest BCUT2D eigenvalue weighted by Crippen LogP contribution is 2.33. The predicted molar refractivity (Wildman–Crippen MR) is 117 cm³/mol. The Hall–Kier alpha value is -2.75. The number of carbonyl (C=O) groups is 2. The molecule has 7 heteroatoms. The summed E-state index contributed by atoms with van der Waals surface area (Å²) in [6.07, 6.45) is 6.39. The smallest absolute Gasteiger partial charge is 0.408 e. The van der Waals surface area contributed by atoms with Gasteiger partial charge in [0.15, 0.2) is 0 Å². The van der Waals surface area contributed by atoms with Crippen molar-refractivity contribution in [2.45, 2.75) is 83.4 Å². The van der Waals surface area contributed by atoms with E-state index in [1.165, 1.54) is 19.3 Å². The lowest BCUT2D eigenvalue weighted by Gasteiger charge is -2.31. The van der Waals surface area contributed by atoms with E-state index in [-0.39, 0.29) is 11.9 Å². The fourth-order valence-corrected chi connectivity index (χ4v) is 4.32. The van der Waals surface area contributed by atoms with E-state index in [1.807, 2.05) is 6.07 Å². The average molecular weight is 428 g/mol. The number of fused-ring (bicyclic) bond motifs is 1. The van der Waals surface area contributed by atoms with Crippen molar-refractivity contribution in [1.82, 2.24) is 10.6 Å². The van der Waals surface area contributed by atoms with E-state index in [0.717, 1.165) is 18.4 Å². The molecule has 1 aromatic carbocycles. The van der Waals surface area contributed by atoms with Crippen LogP contribution in [0.15, 0.2) is 18.2 Å². The molecular formula is C24H33N3O4. The zero-order chi connectivity index (χ0) is 22.4. The Morgan fingerprint density at radius 2 is 1.97 bits per heavy atom. The van der Waals surface area contributed by atoms with Gasteiger partial charge in [0.05, 0.1) is 24.3 Å². The van der Waals surface area contributed by atoms with Gasteiger partial charge in [0.1, 0.15) is 17.4 Å². The van der Waals surface area contributed by atoms with E-state index in [9.17, 15) is 9.59 Å². The number of hydrogen-bond acceptors (Lipinski definition) is 5. The molecule has 1 heterocycles. The number of alkyl carbamates (subject to hydrolysis) is 1. The summed E-state index contributed by atoms with van der Waals surface area (Å²) >= 11 is 0. The molecule has 1 aromatic rings. The molecule has 2 atom stereocenters. The minimum atomic E-state index is -0.650. The van der Waals surface area contributed by atoms with Crippen molar-refractivity contribution in [3.8, 4) is 11.8 Å². The van der Waals surface area contributed by atoms with Gasteiger partial charge in [-0.3, -0.25) is 4.79 Å². The van der Waals surface area contributed by atoms with Gasteiger partial charge in [-0.2, -0.15) is 5.26 Å². The zero-order valence-corrected chi connectivity index (χ0v) is 18.7. The van der Waals surface area contributed by atoms with Crippen molar-refractivity contribution in [3.05, 3.63) is 29.3 Å². The molecule has 1 aliphatic heterocycles. The van der Waals surface area contributed by atoms with Crippen molar-refractivity contribution in [2.24, 2.45) is 5.92 Å². The first-order chi connectivity index (χ1) is 14.7. The Morgan fingerprint density at radius 1 is 1.23 bits per heavy atom. The van der Waals surface area contributed by atoms with Crippen LogP contribution in [0.25, 0.3) is 0 Å². The Balaban J connectivity index is 1.72.